The highest BCUT2D eigenvalue weighted by Gasteiger charge is 2.36. The van der Waals surface area contributed by atoms with E-state index in [1.807, 2.05) is 18.2 Å². The monoisotopic (exact) mass is 673 g/mol. The number of benzene rings is 6. The molecule has 1 heterocycles. The van der Waals surface area contributed by atoms with Crippen LogP contribution in [0, 0.1) is 0 Å². The fourth-order valence-corrected chi connectivity index (χ4v) is 6.58. The van der Waals surface area contributed by atoms with Crippen LogP contribution in [0.1, 0.15) is 34.6 Å². The summed E-state index contributed by atoms with van der Waals surface area (Å²) < 4.78 is 25.3. The number of ether oxygens (including phenoxy) is 4. The van der Waals surface area contributed by atoms with Gasteiger partial charge in [-0.15, -0.1) is 12.4 Å². The Morgan fingerprint density at radius 2 is 1.06 bits per heavy atom. The first-order valence-corrected chi connectivity index (χ1v) is 17.0. The average Bonchev–Trinajstić information content (AvgIpc) is 3.15. The zero-order chi connectivity index (χ0) is 32.4. The summed E-state index contributed by atoms with van der Waals surface area (Å²) in [6, 6.07) is 48.8. The van der Waals surface area contributed by atoms with E-state index in [1.165, 1.54) is 43.8 Å². The van der Waals surface area contributed by atoms with E-state index in [1.54, 1.807) is 0 Å². The summed E-state index contributed by atoms with van der Waals surface area (Å²) in [6.45, 7) is 4.49. The van der Waals surface area contributed by atoms with Crippen LogP contribution in [0.5, 0.6) is 5.75 Å². The normalized spacial score (nSPS) is 17.5. The standard InChI is InChI=1S/C43H43NO4.ClH/c1-2-9-32(10-3-1)29-45-23-8-24-46-40-21-19-37(20-22-40)43-41(47-30-33-15-17-35-11-4-6-13-38(35)25-33)27-44-28-42(43)48-31-34-16-18-36-12-5-7-14-39(36)26-34;/h1-7,9-22,25-26,41-44H,8,23-24,27-31H2;1H. The molecule has 0 radical (unpaired) electrons. The third-order valence-corrected chi connectivity index (χ3v) is 9.13. The van der Waals surface area contributed by atoms with Crippen molar-refractivity contribution in [3.8, 4) is 5.75 Å². The number of piperidine rings is 1. The van der Waals surface area contributed by atoms with Crippen LogP contribution in [0.15, 0.2) is 140 Å². The first kappa shape index (κ1) is 34.6. The molecule has 252 valence electrons. The fraction of sp³-hybridized carbons (Fsp3) is 0.256. The third-order valence-electron chi connectivity index (χ3n) is 9.13. The SMILES string of the molecule is Cl.c1ccc(COCCCOc2ccc(C3C(OCc4ccc5ccccc5c4)CNCC3OCc3ccc4ccccc4c3)cc2)cc1. The molecule has 0 amide bonds. The molecule has 1 fully saturated rings. The summed E-state index contributed by atoms with van der Waals surface area (Å²) in [6.07, 6.45) is 0.721. The Bertz CT molecular complexity index is 1810. The summed E-state index contributed by atoms with van der Waals surface area (Å²) in [7, 11) is 0. The summed E-state index contributed by atoms with van der Waals surface area (Å²) in [5.41, 5.74) is 4.72. The van der Waals surface area contributed by atoms with E-state index in [9.17, 15) is 0 Å². The number of rotatable bonds is 14. The second-order valence-electron chi connectivity index (χ2n) is 12.6. The highest BCUT2D eigenvalue weighted by atomic mass is 35.5. The van der Waals surface area contributed by atoms with Crippen LogP contribution in [0.2, 0.25) is 0 Å². The molecule has 5 nitrogen and oxygen atoms in total. The number of nitrogens with one attached hydrogen (secondary N) is 1. The van der Waals surface area contributed by atoms with Crippen LogP contribution in [0.25, 0.3) is 21.5 Å². The van der Waals surface area contributed by atoms with Crippen molar-refractivity contribution >= 4 is 34.0 Å². The van der Waals surface area contributed by atoms with Crippen LogP contribution in [0.3, 0.4) is 0 Å². The predicted octanol–water partition coefficient (Wildman–Crippen LogP) is 9.26. The number of hydrogen-bond acceptors (Lipinski definition) is 5. The predicted molar refractivity (Wildman–Crippen MR) is 201 cm³/mol. The zero-order valence-corrected chi connectivity index (χ0v) is 28.5. The molecule has 1 aliphatic rings. The number of hydrogen-bond donors (Lipinski definition) is 1. The van der Waals surface area contributed by atoms with Crippen molar-refractivity contribution in [2.75, 3.05) is 26.3 Å². The van der Waals surface area contributed by atoms with Crippen molar-refractivity contribution in [1.82, 2.24) is 5.32 Å². The largest absolute Gasteiger partial charge is 0.494 e. The fourth-order valence-electron chi connectivity index (χ4n) is 6.58. The average molecular weight is 674 g/mol. The Balaban J connectivity index is 0.00000417. The first-order chi connectivity index (χ1) is 23.8. The summed E-state index contributed by atoms with van der Waals surface area (Å²) in [4.78, 5) is 0. The van der Waals surface area contributed by atoms with Gasteiger partial charge in [0.25, 0.3) is 0 Å². The molecule has 1 aliphatic heterocycles. The molecule has 0 spiro atoms. The van der Waals surface area contributed by atoms with Crippen molar-refractivity contribution in [2.45, 2.75) is 44.4 Å². The second-order valence-corrected chi connectivity index (χ2v) is 12.6. The molecule has 6 heteroatoms. The Labute approximate surface area is 295 Å². The lowest BCUT2D eigenvalue weighted by Crippen LogP contribution is -2.50. The van der Waals surface area contributed by atoms with Gasteiger partial charge in [-0.3, -0.25) is 0 Å². The van der Waals surface area contributed by atoms with Crippen LogP contribution in [-0.2, 0) is 34.0 Å². The molecule has 0 saturated carbocycles. The minimum absolute atomic E-state index is 0. The maximum Gasteiger partial charge on any atom is 0.119 e. The van der Waals surface area contributed by atoms with Crippen molar-refractivity contribution in [1.29, 1.82) is 0 Å². The molecule has 49 heavy (non-hydrogen) atoms. The maximum absolute atomic E-state index is 6.70. The summed E-state index contributed by atoms with van der Waals surface area (Å²) in [5.74, 6) is 0.922. The Morgan fingerprint density at radius 3 is 1.65 bits per heavy atom. The molecule has 0 aromatic heterocycles. The molecule has 2 atom stereocenters. The second kappa shape index (κ2) is 17.4. The lowest BCUT2D eigenvalue weighted by Gasteiger charge is -2.39. The molecule has 2 unspecified atom stereocenters. The summed E-state index contributed by atoms with van der Waals surface area (Å²) in [5, 5.41) is 8.53. The molecular weight excluding hydrogens is 630 g/mol. The minimum Gasteiger partial charge on any atom is -0.494 e. The molecule has 6 aromatic rings. The van der Waals surface area contributed by atoms with Gasteiger partial charge < -0.3 is 24.3 Å². The molecule has 1 saturated heterocycles. The topological polar surface area (TPSA) is 49.0 Å². The summed E-state index contributed by atoms with van der Waals surface area (Å²) >= 11 is 0. The molecule has 0 bridgehead atoms. The highest BCUT2D eigenvalue weighted by Crippen LogP contribution is 2.33. The van der Waals surface area contributed by atoms with Gasteiger partial charge in [-0.2, -0.15) is 0 Å². The highest BCUT2D eigenvalue weighted by molar-refractivity contribution is 5.85. The van der Waals surface area contributed by atoms with E-state index in [2.05, 4.69) is 127 Å². The smallest absolute Gasteiger partial charge is 0.119 e. The van der Waals surface area contributed by atoms with Crippen molar-refractivity contribution in [3.05, 3.63) is 162 Å². The minimum atomic E-state index is -0.0552. The number of fused-ring (bicyclic) bond motifs is 2. The maximum atomic E-state index is 6.70. The third kappa shape index (κ3) is 9.27. The lowest BCUT2D eigenvalue weighted by atomic mass is 9.85. The van der Waals surface area contributed by atoms with E-state index in [0.29, 0.717) is 33.0 Å². The van der Waals surface area contributed by atoms with Crippen molar-refractivity contribution < 1.29 is 18.9 Å². The number of halogens is 1. The first-order valence-electron chi connectivity index (χ1n) is 17.0. The van der Waals surface area contributed by atoms with E-state index >= 15 is 0 Å². The van der Waals surface area contributed by atoms with Gasteiger partial charge in [0, 0.05) is 25.4 Å². The van der Waals surface area contributed by atoms with E-state index in [-0.39, 0.29) is 30.5 Å². The molecule has 7 rings (SSSR count). The Hall–Kier alpha value is -4.23. The van der Waals surface area contributed by atoms with E-state index in [4.69, 9.17) is 18.9 Å². The van der Waals surface area contributed by atoms with Gasteiger partial charge in [0.2, 0.25) is 0 Å². The zero-order valence-electron chi connectivity index (χ0n) is 27.7. The van der Waals surface area contributed by atoms with Gasteiger partial charge in [0.05, 0.1) is 45.2 Å². The van der Waals surface area contributed by atoms with Gasteiger partial charge in [-0.1, -0.05) is 115 Å². The van der Waals surface area contributed by atoms with Gasteiger partial charge in [0.1, 0.15) is 5.75 Å². The van der Waals surface area contributed by atoms with Gasteiger partial charge >= 0.3 is 0 Å². The van der Waals surface area contributed by atoms with E-state index < -0.39 is 0 Å². The Morgan fingerprint density at radius 1 is 0.510 bits per heavy atom. The van der Waals surface area contributed by atoms with Crippen molar-refractivity contribution in [3.63, 3.8) is 0 Å². The van der Waals surface area contributed by atoms with Gasteiger partial charge in [-0.05, 0) is 68.1 Å². The molecule has 6 aromatic carbocycles. The van der Waals surface area contributed by atoms with Crippen LogP contribution in [0.4, 0.5) is 0 Å². The Kier molecular flexibility index (Phi) is 12.3. The molecular formula is C43H44ClNO4. The lowest BCUT2D eigenvalue weighted by molar-refractivity contribution is -0.0650. The molecule has 0 aliphatic carbocycles. The van der Waals surface area contributed by atoms with Crippen LogP contribution < -0.4 is 10.1 Å². The van der Waals surface area contributed by atoms with Gasteiger partial charge in [-0.25, -0.2) is 0 Å². The van der Waals surface area contributed by atoms with E-state index in [0.717, 1.165) is 25.3 Å². The van der Waals surface area contributed by atoms with Gasteiger partial charge in [0.15, 0.2) is 0 Å². The molecule has 1 N–H and O–H groups in total. The van der Waals surface area contributed by atoms with Crippen LogP contribution >= 0.6 is 12.4 Å². The van der Waals surface area contributed by atoms with Crippen LogP contribution in [-0.4, -0.2) is 38.5 Å². The quantitative estimate of drug-likeness (QED) is 0.117. The van der Waals surface area contributed by atoms with Crippen molar-refractivity contribution in [2.24, 2.45) is 0 Å².